The van der Waals surface area contributed by atoms with Crippen LogP contribution < -0.4 is 5.32 Å². The van der Waals surface area contributed by atoms with Crippen LogP contribution in [0.2, 0.25) is 0 Å². The molecule has 0 aliphatic carbocycles. The first-order chi connectivity index (χ1) is 6.61. The van der Waals surface area contributed by atoms with Gasteiger partial charge in [0.15, 0.2) is 6.04 Å². The third-order valence-electron chi connectivity index (χ3n) is 1.50. The number of aliphatic carboxylic acids is 1. The van der Waals surface area contributed by atoms with Gasteiger partial charge >= 0.3 is 12.1 Å². The minimum atomic E-state index is -1.30. The second-order valence-electron chi connectivity index (χ2n) is 2.71. The number of carboxylic acids is 1. The van der Waals surface area contributed by atoms with Crippen molar-refractivity contribution in [2.24, 2.45) is 0 Å². The molecule has 14 heavy (non-hydrogen) atoms. The van der Waals surface area contributed by atoms with Crippen LogP contribution in [0, 0.1) is 0 Å². The summed E-state index contributed by atoms with van der Waals surface area (Å²) in [6, 6.07) is -1.30. The van der Waals surface area contributed by atoms with E-state index in [1.807, 2.05) is 12.2 Å². The molecular weight excluding hydrogens is 190 g/mol. The Kier molecular flexibility index (Phi) is 6.47. The third-order valence-corrected chi connectivity index (χ3v) is 1.50. The van der Waals surface area contributed by atoms with Crippen molar-refractivity contribution in [2.45, 2.75) is 25.8 Å². The van der Waals surface area contributed by atoms with Gasteiger partial charge in [-0.1, -0.05) is 13.3 Å². The first-order valence-corrected chi connectivity index (χ1v) is 4.38. The highest BCUT2D eigenvalue weighted by molar-refractivity contribution is 5.79. The van der Waals surface area contributed by atoms with Gasteiger partial charge in [0, 0.05) is 0 Å². The van der Waals surface area contributed by atoms with Crippen LogP contribution in [0.3, 0.4) is 0 Å². The molecule has 0 aromatic carbocycles. The standard InChI is InChI=1S/C8H15NO5/c1-2-3-4-14-8(13)9-6(5-10)7(11)12/h6,10H,2-5H2,1H3,(H,9,13)(H,11,12). The summed E-state index contributed by atoms with van der Waals surface area (Å²) in [6.45, 7) is 1.54. The van der Waals surface area contributed by atoms with E-state index in [0.29, 0.717) is 0 Å². The van der Waals surface area contributed by atoms with E-state index in [1.54, 1.807) is 0 Å². The maximum atomic E-state index is 10.9. The molecule has 0 fully saturated rings. The Morgan fingerprint density at radius 1 is 1.50 bits per heavy atom. The average Bonchev–Trinajstić information content (AvgIpc) is 2.14. The Hall–Kier alpha value is -1.30. The molecule has 0 rings (SSSR count). The molecule has 0 radical (unpaired) electrons. The van der Waals surface area contributed by atoms with Gasteiger partial charge in [-0.2, -0.15) is 0 Å². The fourth-order valence-corrected chi connectivity index (χ4v) is 0.679. The van der Waals surface area contributed by atoms with Gasteiger partial charge in [0.05, 0.1) is 13.2 Å². The van der Waals surface area contributed by atoms with Crippen LogP contribution in [-0.4, -0.2) is 41.5 Å². The lowest BCUT2D eigenvalue weighted by Gasteiger charge is -2.11. The number of carbonyl (C=O) groups is 2. The molecule has 0 aromatic rings. The molecule has 0 aromatic heterocycles. The van der Waals surface area contributed by atoms with E-state index in [9.17, 15) is 9.59 Å². The van der Waals surface area contributed by atoms with Gasteiger partial charge in [-0.25, -0.2) is 9.59 Å². The number of carbonyl (C=O) groups excluding carboxylic acids is 1. The molecule has 3 N–H and O–H groups in total. The molecule has 0 saturated carbocycles. The smallest absolute Gasteiger partial charge is 0.407 e. The van der Waals surface area contributed by atoms with E-state index < -0.39 is 24.7 Å². The number of nitrogens with one attached hydrogen (secondary N) is 1. The van der Waals surface area contributed by atoms with Crippen LogP contribution in [0.25, 0.3) is 0 Å². The zero-order valence-corrected chi connectivity index (χ0v) is 8.02. The van der Waals surface area contributed by atoms with E-state index in [1.165, 1.54) is 0 Å². The number of aliphatic hydroxyl groups excluding tert-OH is 1. The predicted octanol–water partition coefficient (Wildman–Crippen LogP) is -0.0418. The summed E-state index contributed by atoms with van der Waals surface area (Å²) in [5.74, 6) is -1.29. The lowest BCUT2D eigenvalue weighted by Crippen LogP contribution is -2.43. The van der Waals surface area contributed by atoms with Crippen LogP contribution in [0.1, 0.15) is 19.8 Å². The van der Waals surface area contributed by atoms with Crippen LogP contribution in [-0.2, 0) is 9.53 Å². The summed E-state index contributed by atoms with van der Waals surface area (Å²) < 4.78 is 4.64. The Balaban J connectivity index is 3.74. The van der Waals surface area contributed by atoms with Crippen molar-refractivity contribution in [3.63, 3.8) is 0 Å². The molecule has 6 nitrogen and oxygen atoms in total. The predicted molar refractivity (Wildman–Crippen MR) is 47.9 cm³/mol. The number of rotatable bonds is 6. The highest BCUT2D eigenvalue weighted by Crippen LogP contribution is 1.90. The first kappa shape index (κ1) is 12.7. The first-order valence-electron chi connectivity index (χ1n) is 4.38. The van der Waals surface area contributed by atoms with Crippen molar-refractivity contribution in [1.82, 2.24) is 5.32 Å². The number of unbranched alkanes of at least 4 members (excludes halogenated alkanes) is 1. The zero-order chi connectivity index (χ0) is 11.0. The summed E-state index contributed by atoms with van der Waals surface area (Å²) in [5.41, 5.74) is 0. The average molecular weight is 205 g/mol. The molecule has 0 saturated heterocycles. The topological polar surface area (TPSA) is 95.9 Å². The highest BCUT2D eigenvalue weighted by Gasteiger charge is 2.18. The molecule has 0 aliphatic rings. The van der Waals surface area contributed by atoms with Crippen molar-refractivity contribution < 1.29 is 24.5 Å². The fraction of sp³-hybridized carbons (Fsp3) is 0.750. The molecule has 0 spiro atoms. The maximum absolute atomic E-state index is 10.9. The number of hydrogen-bond acceptors (Lipinski definition) is 4. The summed E-state index contributed by atoms with van der Waals surface area (Å²) in [4.78, 5) is 21.2. The maximum Gasteiger partial charge on any atom is 0.407 e. The quantitative estimate of drug-likeness (QED) is 0.529. The molecule has 6 heteroatoms. The molecule has 82 valence electrons. The minimum Gasteiger partial charge on any atom is -0.480 e. The normalized spacial score (nSPS) is 11.9. The minimum absolute atomic E-state index is 0.250. The van der Waals surface area contributed by atoms with Gasteiger partial charge in [0.2, 0.25) is 0 Å². The van der Waals surface area contributed by atoms with E-state index in [2.05, 4.69) is 4.74 Å². The number of carboxylic acid groups (broad SMARTS) is 1. The van der Waals surface area contributed by atoms with Crippen molar-refractivity contribution in [2.75, 3.05) is 13.2 Å². The van der Waals surface area contributed by atoms with Gasteiger partial charge in [-0.15, -0.1) is 0 Å². The lowest BCUT2D eigenvalue weighted by atomic mass is 10.3. The summed E-state index contributed by atoms with van der Waals surface area (Å²) in [6.07, 6.45) is 0.791. The van der Waals surface area contributed by atoms with E-state index >= 15 is 0 Å². The highest BCUT2D eigenvalue weighted by atomic mass is 16.5. The summed E-state index contributed by atoms with van der Waals surface area (Å²) in [5, 5.41) is 19.0. The number of amides is 1. The van der Waals surface area contributed by atoms with Crippen molar-refractivity contribution in [3.8, 4) is 0 Å². The van der Waals surface area contributed by atoms with Crippen LogP contribution in [0.15, 0.2) is 0 Å². The Morgan fingerprint density at radius 3 is 2.57 bits per heavy atom. The number of alkyl carbamates (subject to hydrolysis) is 1. The van der Waals surface area contributed by atoms with Gasteiger partial charge in [-0.3, -0.25) is 0 Å². The van der Waals surface area contributed by atoms with Gasteiger partial charge in [0.25, 0.3) is 0 Å². The molecular formula is C8H15NO5. The van der Waals surface area contributed by atoms with Crippen molar-refractivity contribution in [1.29, 1.82) is 0 Å². The summed E-state index contributed by atoms with van der Waals surface area (Å²) in [7, 11) is 0. The molecule has 1 atom stereocenters. The van der Waals surface area contributed by atoms with Crippen molar-refractivity contribution >= 4 is 12.1 Å². The summed E-state index contributed by atoms with van der Waals surface area (Å²) >= 11 is 0. The second kappa shape index (κ2) is 7.14. The van der Waals surface area contributed by atoms with Gasteiger partial charge < -0.3 is 20.3 Å². The van der Waals surface area contributed by atoms with E-state index in [0.717, 1.165) is 12.8 Å². The Labute approximate surface area is 81.9 Å². The van der Waals surface area contributed by atoms with E-state index in [-0.39, 0.29) is 6.61 Å². The van der Waals surface area contributed by atoms with E-state index in [4.69, 9.17) is 10.2 Å². The van der Waals surface area contributed by atoms with Crippen molar-refractivity contribution in [3.05, 3.63) is 0 Å². The van der Waals surface area contributed by atoms with Crippen LogP contribution >= 0.6 is 0 Å². The molecule has 1 amide bonds. The van der Waals surface area contributed by atoms with Crippen LogP contribution in [0.5, 0.6) is 0 Å². The molecule has 0 aliphatic heterocycles. The molecule has 0 heterocycles. The number of ether oxygens (including phenoxy) is 1. The monoisotopic (exact) mass is 205 g/mol. The molecule has 0 bridgehead atoms. The van der Waals surface area contributed by atoms with Crippen LogP contribution in [0.4, 0.5) is 4.79 Å². The largest absolute Gasteiger partial charge is 0.480 e. The SMILES string of the molecule is CCCCOC(=O)NC(CO)C(=O)O. The third kappa shape index (κ3) is 5.36. The lowest BCUT2D eigenvalue weighted by molar-refractivity contribution is -0.140. The zero-order valence-electron chi connectivity index (χ0n) is 8.02. The second-order valence-corrected chi connectivity index (χ2v) is 2.71. The Morgan fingerprint density at radius 2 is 2.14 bits per heavy atom. The van der Waals surface area contributed by atoms with Gasteiger partial charge in [-0.05, 0) is 6.42 Å². The molecule has 1 unspecified atom stereocenters. The number of aliphatic hydroxyl groups is 1. The number of hydrogen-bond donors (Lipinski definition) is 3. The Bertz CT molecular complexity index is 194. The fourth-order valence-electron chi connectivity index (χ4n) is 0.679. The van der Waals surface area contributed by atoms with Gasteiger partial charge in [0.1, 0.15) is 0 Å².